The van der Waals surface area contributed by atoms with Crippen LogP contribution in [0.25, 0.3) is 11.0 Å². The van der Waals surface area contributed by atoms with Crippen molar-refractivity contribution in [2.45, 2.75) is 6.92 Å². The van der Waals surface area contributed by atoms with Gasteiger partial charge in [-0.1, -0.05) is 41.5 Å². The molecule has 0 radical (unpaired) electrons. The Kier molecular flexibility index (Phi) is 5.48. The summed E-state index contributed by atoms with van der Waals surface area (Å²) in [6.07, 6.45) is 1.45. The van der Waals surface area contributed by atoms with E-state index < -0.39 is 0 Å². The Morgan fingerprint density at radius 3 is 2.69 bits per heavy atom. The number of aromatic nitrogens is 4. The standard InChI is InChI=1S/C19H15Cl2N7S/c1-11-7-13(21)5-6-15(11)27-28(10-29)19-16-17(22-9-23-18(16)25-26-19)24-14-4-2-3-12(20)8-14/h2-10,27H,1H3,(H2,22,23,24,25,26). The van der Waals surface area contributed by atoms with Crippen LogP contribution < -0.4 is 15.8 Å². The lowest BCUT2D eigenvalue weighted by atomic mass is 10.2. The second-order valence-corrected chi connectivity index (χ2v) is 7.26. The molecule has 0 fully saturated rings. The van der Waals surface area contributed by atoms with E-state index in [0.29, 0.717) is 32.7 Å². The third-order valence-corrected chi connectivity index (χ3v) is 4.87. The van der Waals surface area contributed by atoms with E-state index in [9.17, 15) is 0 Å². The summed E-state index contributed by atoms with van der Waals surface area (Å²) in [6, 6.07) is 12.9. The van der Waals surface area contributed by atoms with Crippen LogP contribution in [0, 0.1) is 6.92 Å². The Bertz CT molecular complexity index is 1190. The zero-order chi connectivity index (χ0) is 20.4. The number of fused-ring (bicyclic) bond motifs is 1. The van der Waals surface area contributed by atoms with Crippen molar-refractivity contribution in [3.8, 4) is 0 Å². The van der Waals surface area contributed by atoms with E-state index in [0.717, 1.165) is 16.9 Å². The van der Waals surface area contributed by atoms with Crippen LogP contribution in [0.4, 0.5) is 23.0 Å². The molecule has 0 saturated heterocycles. The van der Waals surface area contributed by atoms with Gasteiger partial charge in [-0.05, 0) is 48.9 Å². The number of hydrazine groups is 1. The minimum absolute atomic E-state index is 0.523. The molecule has 7 nitrogen and oxygen atoms in total. The fourth-order valence-electron chi connectivity index (χ4n) is 2.83. The highest BCUT2D eigenvalue weighted by Crippen LogP contribution is 2.31. The molecular formula is C19H15Cl2N7S. The van der Waals surface area contributed by atoms with Crippen LogP contribution in [0.5, 0.6) is 0 Å². The lowest BCUT2D eigenvalue weighted by Gasteiger charge is -2.21. The molecule has 4 aromatic rings. The molecule has 0 saturated carbocycles. The van der Waals surface area contributed by atoms with Gasteiger partial charge >= 0.3 is 0 Å². The van der Waals surface area contributed by atoms with Gasteiger partial charge in [-0.25, -0.2) is 15.0 Å². The van der Waals surface area contributed by atoms with Gasteiger partial charge in [0.1, 0.15) is 17.5 Å². The predicted octanol–water partition coefficient (Wildman–Crippen LogP) is 5.50. The largest absolute Gasteiger partial charge is 0.339 e. The number of hydrogen-bond acceptors (Lipinski definition) is 6. The smallest absolute Gasteiger partial charge is 0.187 e. The maximum atomic E-state index is 6.09. The lowest BCUT2D eigenvalue weighted by molar-refractivity contribution is 1.06. The summed E-state index contributed by atoms with van der Waals surface area (Å²) >= 11 is 17.4. The summed E-state index contributed by atoms with van der Waals surface area (Å²) in [7, 11) is 0. The van der Waals surface area contributed by atoms with Crippen molar-refractivity contribution in [1.82, 2.24) is 20.2 Å². The molecule has 2 aromatic heterocycles. The third-order valence-electron chi connectivity index (χ3n) is 4.19. The number of nitrogens with one attached hydrogen (secondary N) is 3. The first kappa shape index (κ1) is 19.4. The number of thiocarbonyl (C=S) groups is 1. The number of H-pyrrole nitrogens is 1. The van der Waals surface area contributed by atoms with E-state index in [1.807, 2.05) is 37.3 Å². The summed E-state index contributed by atoms with van der Waals surface area (Å²) in [5, 5.41) is 14.1. The van der Waals surface area contributed by atoms with E-state index in [1.165, 1.54) is 11.8 Å². The van der Waals surface area contributed by atoms with E-state index in [1.54, 1.807) is 17.1 Å². The molecule has 0 unspecified atom stereocenters. The summed E-state index contributed by atoms with van der Waals surface area (Å²) in [5.41, 5.74) is 7.87. The number of aromatic amines is 1. The summed E-state index contributed by atoms with van der Waals surface area (Å²) in [4.78, 5) is 8.63. The average molecular weight is 444 g/mol. The Hall–Kier alpha value is -2.94. The van der Waals surface area contributed by atoms with Gasteiger partial charge in [0.2, 0.25) is 0 Å². The quantitative estimate of drug-likeness (QED) is 0.268. The number of anilines is 4. The fraction of sp³-hybridized carbons (Fsp3) is 0.0526. The first-order valence-electron chi connectivity index (χ1n) is 8.54. The van der Waals surface area contributed by atoms with Gasteiger partial charge in [0.15, 0.2) is 11.5 Å². The minimum Gasteiger partial charge on any atom is -0.339 e. The highest BCUT2D eigenvalue weighted by Gasteiger charge is 2.18. The molecular weight excluding hydrogens is 429 g/mol. The Balaban J connectivity index is 1.73. The number of aryl methyl sites for hydroxylation is 1. The van der Waals surface area contributed by atoms with Gasteiger partial charge in [0, 0.05) is 15.7 Å². The van der Waals surface area contributed by atoms with Crippen molar-refractivity contribution >= 4 is 75.0 Å². The monoisotopic (exact) mass is 443 g/mol. The molecule has 0 aliphatic carbocycles. The van der Waals surface area contributed by atoms with Crippen molar-refractivity contribution in [3.05, 3.63) is 64.4 Å². The van der Waals surface area contributed by atoms with E-state index in [4.69, 9.17) is 35.4 Å². The Morgan fingerprint density at radius 2 is 1.93 bits per heavy atom. The molecule has 29 heavy (non-hydrogen) atoms. The summed E-state index contributed by atoms with van der Waals surface area (Å²) in [6.45, 7) is 1.95. The second-order valence-electron chi connectivity index (χ2n) is 6.17. The fourth-order valence-corrected chi connectivity index (χ4v) is 3.40. The van der Waals surface area contributed by atoms with Gasteiger partial charge in [-0.3, -0.25) is 10.5 Å². The normalized spacial score (nSPS) is 10.7. The zero-order valence-corrected chi connectivity index (χ0v) is 17.5. The topological polar surface area (TPSA) is 81.8 Å². The van der Waals surface area contributed by atoms with Gasteiger partial charge in [0.05, 0.1) is 11.2 Å². The number of rotatable bonds is 6. The Morgan fingerprint density at radius 1 is 1.10 bits per heavy atom. The van der Waals surface area contributed by atoms with Crippen LogP contribution in [0.1, 0.15) is 5.56 Å². The molecule has 0 atom stereocenters. The van der Waals surface area contributed by atoms with Crippen LogP contribution in [-0.2, 0) is 0 Å². The van der Waals surface area contributed by atoms with Crippen molar-refractivity contribution in [2.24, 2.45) is 0 Å². The number of halogens is 2. The Labute approximate surface area is 182 Å². The molecule has 146 valence electrons. The number of nitrogens with zero attached hydrogens (tertiary/aromatic N) is 4. The molecule has 0 spiro atoms. The van der Waals surface area contributed by atoms with Crippen LogP contribution >= 0.6 is 35.4 Å². The van der Waals surface area contributed by atoms with Crippen molar-refractivity contribution < 1.29 is 0 Å². The van der Waals surface area contributed by atoms with Gasteiger partial charge < -0.3 is 5.32 Å². The summed E-state index contributed by atoms with van der Waals surface area (Å²) < 4.78 is 0. The molecule has 10 heteroatoms. The van der Waals surface area contributed by atoms with Crippen LogP contribution in [0.3, 0.4) is 0 Å². The number of benzene rings is 2. The molecule has 2 heterocycles. The van der Waals surface area contributed by atoms with Crippen LogP contribution in [-0.4, -0.2) is 25.7 Å². The van der Waals surface area contributed by atoms with Crippen LogP contribution in [0.2, 0.25) is 10.0 Å². The first-order chi connectivity index (χ1) is 14.0. The van der Waals surface area contributed by atoms with E-state index in [-0.39, 0.29) is 0 Å². The zero-order valence-electron chi connectivity index (χ0n) is 15.1. The summed E-state index contributed by atoms with van der Waals surface area (Å²) in [5.74, 6) is 1.09. The molecule has 4 rings (SSSR count). The van der Waals surface area contributed by atoms with Crippen molar-refractivity contribution in [3.63, 3.8) is 0 Å². The van der Waals surface area contributed by atoms with Gasteiger partial charge in [-0.2, -0.15) is 5.10 Å². The highest BCUT2D eigenvalue weighted by molar-refractivity contribution is 7.79. The second kappa shape index (κ2) is 8.20. The molecule has 3 N–H and O–H groups in total. The van der Waals surface area contributed by atoms with Gasteiger partial charge in [0.25, 0.3) is 0 Å². The van der Waals surface area contributed by atoms with Crippen molar-refractivity contribution in [2.75, 3.05) is 15.8 Å². The molecule has 2 aromatic carbocycles. The maximum Gasteiger partial charge on any atom is 0.187 e. The van der Waals surface area contributed by atoms with Gasteiger partial charge in [-0.15, -0.1) is 0 Å². The van der Waals surface area contributed by atoms with Crippen LogP contribution in [0.15, 0.2) is 48.8 Å². The molecule has 0 bridgehead atoms. The van der Waals surface area contributed by atoms with Crippen molar-refractivity contribution in [1.29, 1.82) is 0 Å². The predicted molar refractivity (Wildman–Crippen MR) is 122 cm³/mol. The minimum atomic E-state index is 0.523. The average Bonchev–Trinajstić information content (AvgIpc) is 3.13. The van der Waals surface area contributed by atoms with E-state index >= 15 is 0 Å². The molecule has 0 amide bonds. The lowest BCUT2D eigenvalue weighted by Crippen LogP contribution is -2.28. The third kappa shape index (κ3) is 4.09. The molecule has 0 aliphatic heterocycles. The molecule has 0 aliphatic rings. The highest BCUT2D eigenvalue weighted by atomic mass is 35.5. The first-order valence-corrected chi connectivity index (χ1v) is 9.77. The number of hydrogen-bond donors (Lipinski definition) is 3. The SMILES string of the molecule is Cc1cc(Cl)ccc1NN(C=S)c1n[nH]c2ncnc(Nc3cccc(Cl)c3)c12. The maximum absolute atomic E-state index is 6.09. The van der Waals surface area contributed by atoms with E-state index in [2.05, 4.69) is 30.9 Å².